The van der Waals surface area contributed by atoms with Gasteiger partial charge in [0.25, 0.3) is 10.0 Å². The van der Waals surface area contributed by atoms with Gasteiger partial charge in [0.2, 0.25) is 0 Å². The van der Waals surface area contributed by atoms with Crippen LogP contribution in [0, 0.1) is 0 Å². The second-order valence-corrected chi connectivity index (χ2v) is 6.00. The average Bonchev–Trinajstić information content (AvgIpc) is 2.66. The maximum Gasteiger partial charge on any atom is 0.262 e. The van der Waals surface area contributed by atoms with E-state index in [9.17, 15) is 8.42 Å². The summed E-state index contributed by atoms with van der Waals surface area (Å²) in [6.45, 7) is 0.972. The minimum absolute atomic E-state index is 0.116. The number of nitrogens with zero attached hydrogens (tertiary/aromatic N) is 3. The fraction of sp³-hybridized carbons (Fsp3) is 0.667. The van der Waals surface area contributed by atoms with E-state index in [0.29, 0.717) is 25.9 Å². The smallest absolute Gasteiger partial charge is 0.262 e. The van der Waals surface area contributed by atoms with Gasteiger partial charge >= 0.3 is 0 Å². The number of piperidine rings is 1. The summed E-state index contributed by atoms with van der Waals surface area (Å²) in [4.78, 5) is 3.88. The van der Waals surface area contributed by atoms with E-state index in [2.05, 4.69) is 4.98 Å². The molecule has 0 saturated carbocycles. The normalized spacial score (nSPS) is 20.1. The van der Waals surface area contributed by atoms with E-state index >= 15 is 0 Å². The van der Waals surface area contributed by atoms with Gasteiger partial charge in [-0.05, 0) is 12.8 Å². The molecule has 2 rings (SSSR count). The molecule has 6 nitrogen and oxygen atoms in total. The fourth-order valence-corrected chi connectivity index (χ4v) is 3.21. The first-order valence-corrected chi connectivity index (χ1v) is 6.68. The first-order chi connectivity index (χ1) is 7.50. The number of aromatic nitrogens is 2. The zero-order valence-electron chi connectivity index (χ0n) is 9.20. The van der Waals surface area contributed by atoms with Crippen LogP contribution in [0.25, 0.3) is 0 Å². The number of hydrogen-bond donors (Lipinski definition) is 1. The van der Waals surface area contributed by atoms with Crippen molar-refractivity contribution in [3.05, 3.63) is 12.5 Å². The van der Waals surface area contributed by atoms with E-state index in [1.165, 1.54) is 16.8 Å². The molecule has 2 N–H and O–H groups in total. The molecule has 0 atom stereocenters. The Hall–Kier alpha value is -0.920. The molecule has 0 amide bonds. The van der Waals surface area contributed by atoms with Crippen molar-refractivity contribution in [3.63, 3.8) is 0 Å². The number of hydrogen-bond acceptors (Lipinski definition) is 4. The molecule has 2 heterocycles. The van der Waals surface area contributed by atoms with E-state index in [4.69, 9.17) is 5.73 Å². The highest BCUT2D eigenvalue weighted by Crippen LogP contribution is 2.18. The highest BCUT2D eigenvalue weighted by atomic mass is 32.2. The maximum absolute atomic E-state index is 12.1. The standard InChI is InChI=1S/C9H16N4O2S/c1-12-6-9(11-7-12)16(14,15)13-4-2-8(10)3-5-13/h6-8H,2-5,10H2,1H3. The highest BCUT2D eigenvalue weighted by molar-refractivity contribution is 7.89. The van der Waals surface area contributed by atoms with Gasteiger partial charge < -0.3 is 10.3 Å². The lowest BCUT2D eigenvalue weighted by molar-refractivity contribution is 0.319. The van der Waals surface area contributed by atoms with Gasteiger partial charge in [-0.15, -0.1) is 0 Å². The van der Waals surface area contributed by atoms with Crippen molar-refractivity contribution < 1.29 is 8.42 Å². The van der Waals surface area contributed by atoms with Crippen molar-refractivity contribution in [1.82, 2.24) is 13.9 Å². The molecule has 1 aromatic rings. The van der Waals surface area contributed by atoms with Crippen molar-refractivity contribution >= 4 is 10.0 Å². The molecule has 1 aliphatic heterocycles. The Labute approximate surface area is 95.1 Å². The van der Waals surface area contributed by atoms with E-state index in [-0.39, 0.29) is 11.1 Å². The fourth-order valence-electron chi connectivity index (χ4n) is 1.77. The Balaban J connectivity index is 2.20. The third kappa shape index (κ3) is 2.11. The van der Waals surface area contributed by atoms with Gasteiger partial charge in [0, 0.05) is 32.4 Å². The first-order valence-electron chi connectivity index (χ1n) is 5.24. The molecule has 1 saturated heterocycles. The van der Waals surface area contributed by atoms with Crippen LogP contribution in [-0.4, -0.2) is 41.4 Å². The Morgan fingerprint density at radius 1 is 1.44 bits per heavy atom. The van der Waals surface area contributed by atoms with Crippen LogP contribution in [0.15, 0.2) is 17.6 Å². The van der Waals surface area contributed by atoms with Crippen molar-refractivity contribution in [2.45, 2.75) is 23.9 Å². The third-order valence-corrected chi connectivity index (χ3v) is 4.57. The molecule has 0 unspecified atom stereocenters. The molecule has 16 heavy (non-hydrogen) atoms. The second kappa shape index (κ2) is 4.15. The topological polar surface area (TPSA) is 81.2 Å². The predicted octanol–water partition coefficient (Wildman–Crippen LogP) is -0.468. The van der Waals surface area contributed by atoms with Gasteiger partial charge in [0.15, 0.2) is 5.03 Å². The molecule has 1 aromatic heterocycles. The number of rotatable bonds is 2. The SMILES string of the molecule is Cn1cnc(S(=O)(=O)N2CCC(N)CC2)c1. The van der Waals surface area contributed by atoms with Crippen LogP contribution in [0.4, 0.5) is 0 Å². The third-order valence-electron chi connectivity index (χ3n) is 2.78. The van der Waals surface area contributed by atoms with Gasteiger partial charge in [0.05, 0.1) is 6.33 Å². The minimum atomic E-state index is -3.42. The summed E-state index contributed by atoms with van der Waals surface area (Å²) in [6.07, 6.45) is 4.44. The van der Waals surface area contributed by atoms with Gasteiger partial charge in [-0.2, -0.15) is 4.31 Å². The summed E-state index contributed by atoms with van der Waals surface area (Å²) in [6, 6.07) is 0.121. The summed E-state index contributed by atoms with van der Waals surface area (Å²) in [5.74, 6) is 0. The Bertz CT molecular complexity index is 460. The molecule has 0 aliphatic carbocycles. The van der Waals surface area contributed by atoms with Crippen LogP contribution < -0.4 is 5.73 Å². The van der Waals surface area contributed by atoms with Crippen LogP contribution in [0.2, 0.25) is 0 Å². The molecule has 0 spiro atoms. The number of imidazole rings is 1. The van der Waals surface area contributed by atoms with E-state index in [1.807, 2.05) is 0 Å². The van der Waals surface area contributed by atoms with Gasteiger partial charge in [-0.25, -0.2) is 13.4 Å². The summed E-state index contributed by atoms with van der Waals surface area (Å²) in [5, 5.41) is 0.116. The van der Waals surface area contributed by atoms with Crippen LogP contribution in [0.3, 0.4) is 0 Å². The van der Waals surface area contributed by atoms with Crippen LogP contribution in [0.5, 0.6) is 0 Å². The number of sulfonamides is 1. The van der Waals surface area contributed by atoms with Crippen molar-refractivity contribution in [2.75, 3.05) is 13.1 Å². The predicted molar refractivity (Wildman–Crippen MR) is 59.2 cm³/mol. The summed E-state index contributed by atoms with van der Waals surface area (Å²) >= 11 is 0. The summed E-state index contributed by atoms with van der Waals surface area (Å²) in [5.41, 5.74) is 5.74. The van der Waals surface area contributed by atoms with Gasteiger partial charge in [-0.3, -0.25) is 0 Å². The lowest BCUT2D eigenvalue weighted by Crippen LogP contribution is -2.42. The van der Waals surface area contributed by atoms with Crippen molar-refractivity contribution in [1.29, 1.82) is 0 Å². The van der Waals surface area contributed by atoms with Gasteiger partial charge in [-0.1, -0.05) is 0 Å². The molecule has 0 bridgehead atoms. The lowest BCUT2D eigenvalue weighted by Gasteiger charge is -2.28. The van der Waals surface area contributed by atoms with Crippen LogP contribution in [-0.2, 0) is 17.1 Å². The largest absolute Gasteiger partial charge is 0.339 e. The van der Waals surface area contributed by atoms with Crippen LogP contribution in [0.1, 0.15) is 12.8 Å². The van der Waals surface area contributed by atoms with Crippen molar-refractivity contribution in [3.8, 4) is 0 Å². The molecular formula is C9H16N4O2S. The zero-order valence-corrected chi connectivity index (χ0v) is 10.0. The molecule has 1 fully saturated rings. The van der Waals surface area contributed by atoms with Crippen LogP contribution >= 0.6 is 0 Å². The number of nitrogens with two attached hydrogens (primary N) is 1. The first kappa shape index (κ1) is 11.6. The minimum Gasteiger partial charge on any atom is -0.339 e. The highest BCUT2D eigenvalue weighted by Gasteiger charge is 2.29. The summed E-state index contributed by atoms with van der Waals surface area (Å²) in [7, 11) is -1.67. The zero-order chi connectivity index (χ0) is 11.8. The average molecular weight is 244 g/mol. The lowest BCUT2D eigenvalue weighted by atomic mass is 10.1. The van der Waals surface area contributed by atoms with E-state index in [1.54, 1.807) is 11.6 Å². The molecule has 0 aromatic carbocycles. The molecule has 90 valence electrons. The van der Waals surface area contributed by atoms with E-state index < -0.39 is 10.0 Å². The van der Waals surface area contributed by atoms with E-state index in [0.717, 1.165) is 0 Å². The molecular weight excluding hydrogens is 228 g/mol. The Kier molecular flexibility index (Phi) is 3.00. The Morgan fingerprint density at radius 3 is 2.56 bits per heavy atom. The van der Waals surface area contributed by atoms with Crippen molar-refractivity contribution in [2.24, 2.45) is 12.8 Å². The maximum atomic E-state index is 12.1. The second-order valence-electron chi connectivity index (χ2n) is 4.12. The monoisotopic (exact) mass is 244 g/mol. The summed E-state index contributed by atoms with van der Waals surface area (Å²) < 4.78 is 27.3. The molecule has 0 radical (unpaired) electrons. The number of aryl methyl sites for hydroxylation is 1. The Morgan fingerprint density at radius 2 is 2.06 bits per heavy atom. The van der Waals surface area contributed by atoms with Gasteiger partial charge in [0.1, 0.15) is 0 Å². The quantitative estimate of drug-likeness (QED) is 0.762. The molecule has 7 heteroatoms. The molecule has 1 aliphatic rings.